The standard InChI is InChI=1S/C40H58O14/c1-20(2)21(3)17-31(45)54-30-19-29-36(9)13-12-28(18-27(36)11-14-39(29,47)40(48)16-15-38(46,23(5)41)37(30,40)10)53-35-34(52-26(8)44)33(51-25(7)43)32(22(4)49-35)50-24(6)42/h11,17,20,22,28-30,32-35,46-48H,12-16,18-19H2,1-10H3/b21-17+/t22-,28-,29+,30+,32-,33+,34+,35-,36-,37+,38+,39-,40+/m0/s1. The molecule has 0 aromatic rings. The van der Waals surface area contributed by atoms with Crippen molar-refractivity contribution in [3.05, 3.63) is 23.3 Å². The van der Waals surface area contributed by atoms with Crippen molar-refractivity contribution >= 4 is 29.7 Å². The van der Waals surface area contributed by atoms with Crippen LogP contribution in [0.2, 0.25) is 0 Å². The summed E-state index contributed by atoms with van der Waals surface area (Å²) >= 11 is 0. The molecule has 0 spiro atoms. The van der Waals surface area contributed by atoms with E-state index in [0.717, 1.165) is 11.1 Å². The maximum absolute atomic E-state index is 13.4. The molecule has 0 aromatic heterocycles. The number of esters is 4. The third kappa shape index (κ3) is 6.73. The van der Waals surface area contributed by atoms with Crippen LogP contribution in [-0.2, 0) is 52.4 Å². The molecule has 3 saturated carbocycles. The van der Waals surface area contributed by atoms with E-state index in [1.807, 2.05) is 33.8 Å². The fourth-order valence-electron chi connectivity index (χ4n) is 10.3. The minimum Gasteiger partial charge on any atom is -0.458 e. The van der Waals surface area contributed by atoms with Crippen LogP contribution in [0.4, 0.5) is 0 Å². The van der Waals surface area contributed by atoms with Gasteiger partial charge in [-0.15, -0.1) is 0 Å². The largest absolute Gasteiger partial charge is 0.458 e. The molecule has 0 bridgehead atoms. The van der Waals surface area contributed by atoms with Crippen molar-refractivity contribution in [1.82, 2.24) is 0 Å². The first-order valence-corrected chi connectivity index (χ1v) is 19.0. The lowest BCUT2D eigenvalue weighted by Crippen LogP contribution is -2.78. The zero-order valence-corrected chi connectivity index (χ0v) is 33.1. The molecular formula is C40H58O14. The third-order valence-electron chi connectivity index (χ3n) is 13.6. The monoisotopic (exact) mass is 762 g/mol. The number of hydrogen-bond donors (Lipinski definition) is 3. The van der Waals surface area contributed by atoms with Gasteiger partial charge in [0.2, 0.25) is 0 Å². The molecular weight excluding hydrogens is 704 g/mol. The molecule has 4 fully saturated rings. The lowest BCUT2D eigenvalue weighted by Gasteiger charge is -2.67. The minimum absolute atomic E-state index is 0.00797. The van der Waals surface area contributed by atoms with E-state index in [2.05, 4.69) is 0 Å². The Labute approximate surface area is 316 Å². The molecule has 1 aliphatic heterocycles. The van der Waals surface area contributed by atoms with Gasteiger partial charge in [0.15, 0.2) is 30.4 Å². The van der Waals surface area contributed by atoms with Gasteiger partial charge >= 0.3 is 23.9 Å². The zero-order valence-electron chi connectivity index (χ0n) is 33.1. The number of ether oxygens (including phenoxy) is 6. The molecule has 14 heteroatoms. The predicted octanol–water partition coefficient (Wildman–Crippen LogP) is 3.55. The smallest absolute Gasteiger partial charge is 0.330 e. The van der Waals surface area contributed by atoms with Crippen LogP contribution in [0.3, 0.4) is 0 Å². The van der Waals surface area contributed by atoms with Crippen molar-refractivity contribution in [3.8, 4) is 0 Å². The second-order valence-electron chi connectivity index (χ2n) is 16.9. The molecule has 5 aliphatic rings. The first-order valence-electron chi connectivity index (χ1n) is 19.0. The van der Waals surface area contributed by atoms with Crippen molar-refractivity contribution in [3.63, 3.8) is 0 Å². The highest BCUT2D eigenvalue weighted by molar-refractivity contribution is 5.87. The minimum atomic E-state index is -2.06. The molecule has 0 radical (unpaired) electrons. The number of carbonyl (C=O) groups is 5. The molecule has 1 heterocycles. The van der Waals surface area contributed by atoms with Crippen molar-refractivity contribution in [2.75, 3.05) is 0 Å². The highest BCUT2D eigenvalue weighted by Crippen LogP contribution is 2.71. The maximum Gasteiger partial charge on any atom is 0.330 e. The number of carbonyl (C=O) groups excluding carboxylic acids is 5. The van der Waals surface area contributed by atoms with Crippen molar-refractivity contribution in [1.29, 1.82) is 0 Å². The van der Waals surface area contributed by atoms with Gasteiger partial charge in [-0.3, -0.25) is 19.2 Å². The van der Waals surface area contributed by atoms with Crippen molar-refractivity contribution in [2.24, 2.45) is 22.7 Å². The van der Waals surface area contributed by atoms with Gasteiger partial charge in [-0.2, -0.15) is 0 Å². The Morgan fingerprint density at radius 2 is 1.44 bits per heavy atom. The molecule has 0 unspecified atom stereocenters. The van der Waals surface area contributed by atoms with E-state index in [1.165, 1.54) is 33.8 Å². The molecule has 0 aromatic carbocycles. The molecule has 5 rings (SSSR count). The Morgan fingerprint density at radius 1 is 0.852 bits per heavy atom. The molecule has 0 amide bonds. The average Bonchev–Trinajstić information content (AvgIpc) is 3.29. The quantitative estimate of drug-likeness (QED) is 0.133. The summed E-state index contributed by atoms with van der Waals surface area (Å²) < 4.78 is 35.3. The summed E-state index contributed by atoms with van der Waals surface area (Å²) in [5.41, 5.74) is -6.59. The van der Waals surface area contributed by atoms with Crippen molar-refractivity contribution in [2.45, 2.75) is 174 Å². The molecule has 13 atom stereocenters. The molecule has 302 valence electrons. The van der Waals surface area contributed by atoms with Crippen LogP contribution >= 0.6 is 0 Å². The summed E-state index contributed by atoms with van der Waals surface area (Å²) in [5.74, 6) is -3.82. The van der Waals surface area contributed by atoms with Gasteiger partial charge in [0, 0.05) is 32.8 Å². The van der Waals surface area contributed by atoms with Gasteiger partial charge < -0.3 is 43.7 Å². The summed E-state index contributed by atoms with van der Waals surface area (Å²) in [6, 6.07) is 0. The number of aliphatic hydroxyl groups is 3. The van der Waals surface area contributed by atoms with Crippen molar-refractivity contribution < 1.29 is 67.7 Å². The average molecular weight is 763 g/mol. The fraction of sp³-hybridized carbons (Fsp3) is 0.775. The summed E-state index contributed by atoms with van der Waals surface area (Å²) in [4.78, 5) is 62.9. The predicted molar refractivity (Wildman–Crippen MR) is 190 cm³/mol. The number of Topliss-reactive ketones (excluding diaryl/α,β-unsaturated/α-hetero) is 1. The zero-order chi connectivity index (χ0) is 40.3. The fourth-order valence-corrected chi connectivity index (χ4v) is 10.3. The third-order valence-corrected chi connectivity index (χ3v) is 13.6. The Bertz CT molecular complexity index is 1600. The molecule has 3 N–H and O–H groups in total. The van der Waals surface area contributed by atoms with Gasteiger partial charge in [0.25, 0.3) is 0 Å². The molecule has 1 saturated heterocycles. The van der Waals surface area contributed by atoms with E-state index in [9.17, 15) is 39.3 Å². The second kappa shape index (κ2) is 14.7. The first kappa shape index (κ1) is 42.0. The Morgan fingerprint density at radius 3 is 2.02 bits per heavy atom. The number of ketones is 1. The highest BCUT2D eigenvalue weighted by atomic mass is 16.7. The van der Waals surface area contributed by atoms with E-state index in [4.69, 9.17) is 28.4 Å². The Balaban J connectivity index is 1.47. The van der Waals surface area contributed by atoms with Crippen LogP contribution in [0.1, 0.15) is 114 Å². The van der Waals surface area contributed by atoms with Crippen LogP contribution in [0.25, 0.3) is 0 Å². The molecule has 4 aliphatic carbocycles. The highest BCUT2D eigenvalue weighted by Gasteiger charge is 2.81. The van der Waals surface area contributed by atoms with E-state index in [1.54, 1.807) is 13.8 Å². The second-order valence-corrected chi connectivity index (χ2v) is 16.9. The normalized spacial score (nSPS) is 43.1. The molecule has 54 heavy (non-hydrogen) atoms. The first-order chi connectivity index (χ1) is 24.9. The number of allylic oxidation sites excluding steroid dienone is 1. The lowest BCUT2D eigenvalue weighted by molar-refractivity contribution is -0.319. The van der Waals surface area contributed by atoms with Gasteiger partial charge in [-0.05, 0) is 84.0 Å². The summed E-state index contributed by atoms with van der Waals surface area (Å²) in [5, 5.41) is 37.6. The van der Waals surface area contributed by atoms with Gasteiger partial charge in [0.1, 0.15) is 22.9 Å². The number of hydrogen-bond acceptors (Lipinski definition) is 14. The number of rotatable bonds is 9. The Kier molecular flexibility index (Phi) is 11.4. The van der Waals surface area contributed by atoms with Crippen LogP contribution < -0.4 is 0 Å². The van der Waals surface area contributed by atoms with Crippen LogP contribution in [0.15, 0.2) is 23.3 Å². The van der Waals surface area contributed by atoms with Gasteiger partial charge in [-0.1, -0.05) is 38.0 Å². The summed E-state index contributed by atoms with van der Waals surface area (Å²) in [6.07, 6.45) is -2.73. The SMILES string of the molecule is CC(=O)O[C@@H]1[C@@H](OC(C)=O)[C@H](C)O[C@@H](O[C@H]2CC[C@@]3(C)C(=CC[C@]4(O)[C@@H]3C[C@@H](OC(=O)/C=C(\C)C(C)C)[C@@]3(C)[C@]4(O)CC[C@@]3(O)C(C)=O)C2)[C@@H]1OC(C)=O. The topological polar surface area (TPSA) is 201 Å². The summed E-state index contributed by atoms with van der Waals surface area (Å²) in [6.45, 7) is 15.7. The van der Waals surface area contributed by atoms with Gasteiger partial charge in [-0.25, -0.2) is 4.79 Å². The van der Waals surface area contributed by atoms with E-state index in [0.29, 0.717) is 19.3 Å². The van der Waals surface area contributed by atoms with E-state index >= 15 is 0 Å². The number of fused-ring (bicyclic) bond motifs is 5. The summed E-state index contributed by atoms with van der Waals surface area (Å²) in [7, 11) is 0. The van der Waals surface area contributed by atoms with Crippen LogP contribution in [0.5, 0.6) is 0 Å². The van der Waals surface area contributed by atoms with Crippen LogP contribution in [-0.4, -0.2) is 105 Å². The van der Waals surface area contributed by atoms with Gasteiger partial charge in [0.05, 0.1) is 17.6 Å². The molecule has 14 nitrogen and oxygen atoms in total. The van der Waals surface area contributed by atoms with E-state index < -0.39 is 106 Å². The van der Waals surface area contributed by atoms with E-state index in [-0.39, 0.29) is 31.6 Å². The maximum atomic E-state index is 13.4. The Hall–Kier alpha value is -3.17. The lowest BCUT2D eigenvalue weighted by atomic mass is 9.42. The van der Waals surface area contributed by atoms with Crippen LogP contribution in [0, 0.1) is 22.7 Å².